The van der Waals surface area contributed by atoms with E-state index in [9.17, 15) is 0 Å². The molecule has 0 unspecified atom stereocenters. The molecule has 7 heteroatoms. The van der Waals surface area contributed by atoms with Crippen LogP contribution in [0.5, 0.6) is 0 Å². The van der Waals surface area contributed by atoms with Crippen molar-refractivity contribution in [3.8, 4) is 0 Å². The lowest BCUT2D eigenvalue weighted by atomic mass is 10.2. The summed E-state index contributed by atoms with van der Waals surface area (Å²) >= 11 is 3.17. The molecule has 0 bridgehead atoms. The van der Waals surface area contributed by atoms with Gasteiger partial charge in [0.05, 0.1) is 11.1 Å². The Balaban J connectivity index is 1.86. The molecule has 0 aliphatic carbocycles. The van der Waals surface area contributed by atoms with Crippen LogP contribution in [-0.4, -0.2) is 19.9 Å². The summed E-state index contributed by atoms with van der Waals surface area (Å²) in [5.74, 6) is 1.89. The summed E-state index contributed by atoms with van der Waals surface area (Å²) in [5.41, 5.74) is 8.30. The second kappa shape index (κ2) is 5.57. The smallest absolute Gasteiger partial charge is 0.187 e. The first-order valence-electron chi connectivity index (χ1n) is 6.48. The van der Waals surface area contributed by atoms with E-state index >= 15 is 0 Å². The molecular formula is C14H15N5S2. The summed E-state index contributed by atoms with van der Waals surface area (Å²) in [6, 6.07) is 0. The molecule has 108 valence electrons. The van der Waals surface area contributed by atoms with Crippen LogP contribution in [0.2, 0.25) is 0 Å². The average molecular weight is 317 g/mol. The van der Waals surface area contributed by atoms with Crippen molar-refractivity contribution < 1.29 is 0 Å². The van der Waals surface area contributed by atoms with E-state index < -0.39 is 0 Å². The van der Waals surface area contributed by atoms with Crippen LogP contribution in [0, 0.1) is 20.8 Å². The minimum Gasteiger partial charge on any atom is -0.383 e. The van der Waals surface area contributed by atoms with Crippen LogP contribution < -0.4 is 5.73 Å². The Morgan fingerprint density at radius 3 is 2.57 bits per heavy atom. The quantitative estimate of drug-likeness (QED) is 0.590. The number of thiophene rings is 1. The SMILES string of the molecule is Cc1cnc(SCc2nc(N)c3c(C)c(C)sc3n2)nc1. The first-order chi connectivity index (χ1) is 10.0. The van der Waals surface area contributed by atoms with Gasteiger partial charge in [0.15, 0.2) is 5.16 Å². The maximum Gasteiger partial charge on any atom is 0.187 e. The zero-order chi connectivity index (χ0) is 15.0. The van der Waals surface area contributed by atoms with Gasteiger partial charge >= 0.3 is 0 Å². The lowest BCUT2D eigenvalue weighted by Crippen LogP contribution is -1.99. The molecular weight excluding hydrogens is 302 g/mol. The Kier molecular flexibility index (Phi) is 3.77. The van der Waals surface area contributed by atoms with Crippen LogP contribution in [0.3, 0.4) is 0 Å². The first-order valence-corrected chi connectivity index (χ1v) is 8.28. The van der Waals surface area contributed by atoms with Gasteiger partial charge in [-0.1, -0.05) is 11.8 Å². The minimum absolute atomic E-state index is 0.558. The Bertz CT molecular complexity index is 795. The summed E-state index contributed by atoms with van der Waals surface area (Å²) in [7, 11) is 0. The van der Waals surface area contributed by atoms with E-state index in [-0.39, 0.29) is 0 Å². The highest BCUT2D eigenvalue weighted by atomic mass is 32.2. The van der Waals surface area contributed by atoms with Crippen molar-refractivity contribution in [1.82, 2.24) is 19.9 Å². The molecule has 0 aliphatic rings. The van der Waals surface area contributed by atoms with Gasteiger partial charge in [-0.2, -0.15) is 0 Å². The maximum atomic E-state index is 6.08. The molecule has 0 aliphatic heterocycles. The van der Waals surface area contributed by atoms with E-state index in [1.54, 1.807) is 23.7 Å². The van der Waals surface area contributed by atoms with E-state index in [0.29, 0.717) is 11.6 Å². The molecule has 0 aromatic carbocycles. The van der Waals surface area contributed by atoms with Gasteiger partial charge in [0.1, 0.15) is 16.5 Å². The highest BCUT2D eigenvalue weighted by molar-refractivity contribution is 7.98. The monoisotopic (exact) mass is 317 g/mol. The van der Waals surface area contributed by atoms with Crippen molar-refractivity contribution >= 4 is 39.1 Å². The fourth-order valence-electron chi connectivity index (χ4n) is 1.98. The second-order valence-electron chi connectivity index (χ2n) is 4.82. The molecule has 0 amide bonds. The van der Waals surface area contributed by atoms with Crippen molar-refractivity contribution in [2.45, 2.75) is 31.7 Å². The molecule has 0 radical (unpaired) electrons. The Morgan fingerprint density at radius 1 is 1.14 bits per heavy atom. The number of rotatable bonds is 3. The summed E-state index contributed by atoms with van der Waals surface area (Å²) in [6.07, 6.45) is 3.61. The van der Waals surface area contributed by atoms with Gasteiger partial charge in [0.25, 0.3) is 0 Å². The predicted octanol–water partition coefficient (Wildman–Crippen LogP) is 3.28. The molecule has 0 saturated heterocycles. The van der Waals surface area contributed by atoms with E-state index in [0.717, 1.165) is 26.8 Å². The molecule has 5 nitrogen and oxygen atoms in total. The molecule has 3 aromatic rings. The second-order valence-corrected chi connectivity index (χ2v) is 6.97. The number of thioether (sulfide) groups is 1. The van der Waals surface area contributed by atoms with Gasteiger partial charge < -0.3 is 5.73 Å². The molecule has 3 aromatic heterocycles. The van der Waals surface area contributed by atoms with E-state index in [4.69, 9.17) is 5.73 Å². The van der Waals surface area contributed by atoms with Gasteiger partial charge in [-0.3, -0.25) is 0 Å². The van der Waals surface area contributed by atoms with E-state index in [1.165, 1.54) is 22.2 Å². The zero-order valence-corrected chi connectivity index (χ0v) is 13.7. The number of nitrogen functional groups attached to an aromatic ring is 1. The summed E-state index contributed by atoms with van der Waals surface area (Å²) in [4.78, 5) is 19.7. The lowest BCUT2D eigenvalue weighted by molar-refractivity contribution is 0.945. The van der Waals surface area contributed by atoms with Gasteiger partial charge in [0, 0.05) is 17.3 Å². The van der Waals surface area contributed by atoms with Crippen LogP contribution >= 0.6 is 23.1 Å². The van der Waals surface area contributed by atoms with E-state index in [2.05, 4.69) is 33.8 Å². The Labute approximate surface area is 131 Å². The Hall–Kier alpha value is -1.73. The maximum absolute atomic E-state index is 6.08. The summed E-state index contributed by atoms with van der Waals surface area (Å²) in [6.45, 7) is 6.10. The number of fused-ring (bicyclic) bond motifs is 1. The average Bonchev–Trinajstić information content (AvgIpc) is 2.74. The summed E-state index contributed by atoms with van der Waals surface area (Å²) in [5, 5.41) is 1.71. The van der Waals surface area contributed by atoms with E-state index in [1.807, 2.05) is 6.92 Å². The molecule has 0 atom stereocenters. The third-order valence-corrected chi connectivity index (χ3v) is 5.16. The van der Waals surface area contributed by atoms with Crippen molar-refractivity contribution in [1.29, 1.82) is 0 Å². The number of aromatic nitrogens is 4. The zero-order valence-electron chi connectivity index (χ0n) is 12.0. The fraction of sp³-hybridized carbons (Fsp3) is 0.286. The Morgan fingerprint density at radius 2 is 1.86 bits per heavy atom. The first kappa shape index (κ1) is 14.2. The van der Waals surface area contributed by atoms with Crippen LogP contribution in [0.15, 0.2) is 17.6 Å². The highest BCUT2D eigenvalue weighted by Crippen LogP contribution is 2.32. The predicted molar refractivity (Wildman–Crippen MR) is 87.6 cm³/mol. The van der Waals surface area contributed by atoms with Crippen molar-refractivity contribution in [3.63, 3.8) is 0 Å². The lowest BCUT2D eigenvalue weighted by Gasteiger charge is -2.03. The highest BCUT2D eigenvalue weighted by Gasteiger charge is 2.13. The third kappa shape index (κ3) is 2.84. The van der Waals surface area contributed by atoms with Crippen LogP contribution in [0.1, 0.15) is 21.8 Å². The topological polar surface area (TPSA) is 77.6 Å². The number of nitrogens with zero attached hydrogens (tertiary/aromatic N) is 4. The van der Waals surface area contributed by atoms with Crippen LogP contribution in [0.4, 0.5) is 5.82 Å². The van der Waals surface area contributed by atoms with Crippen LogP contribution in [-0.2, 0) is 5.75 Å². The van der Waals surface area contributed by atoms with Crippen molar-refractivity contribution in [3.05, 3.63) is 34.2 Å². The molecule has 0 fully saturated rings. The van der Waals surface area contributed by atoms with Gasteiger partial charge in [0.2, 0.25) is 0 Å². The van der Waals surface area contributed by atoms with Crippen molar-refractivity contribution in [2.24, 2.45) is 0 Å². The molecule has 3 rings (SSSR count). The standard InChI is InChI=1S/C14H15N5S2/c1-7-4-16-14(17-5-7)20-6-10-18-12(15)11-8(2)9(3)21-13(11)19-10/h4-5H,6H2,1-3H3,(H2,15,18,19). The molecule has 21 heavy (non-hydrogen) atoms. The van der Waals surface area contributed by atoms with Crippen LogP contribution in [0.25, 0.3) is 10.2 Å². The largest absolute Gasteiger partial charge is 0.383 e. The normalized spacial score (nSPS) is 11.2. The van der Waals surface area contributed by atoms with Gasteiger partial charge in [-0.15, -0.1) is 11.3 Å². The van der Waals surface area contributed by atoms with Gasteiger partial charge in [-0.05, 0) is 31.9 Å². The molecule has 3 heterocycles. The fourth-order valence-corrected chi connectivity index (χ4v) is 3.67. The molecule has 2 N–H and O–H groups in total. The molecule has 0 saturated carbocycles. The number of hydrogen-bond acceptors (Lipinski definition) is 7. The number of hydrogen-bond donors (Lipinski definition) is 1. The summed E-state index contributed by atoms with van der Waals surface area (Å²) < 4.78 is 0. The number of anilines is 1. The third-order valence-electron chi connectivity index (χ3n) is 3.19. The minimum atomic E-state index is 0.558. The molecule has 0 spiro atoms. The van der Waals surface area contributed by atoms with Crippen molar-refractivity contribution in [2.75, 3.05) is 5.73 Å². The number of aryl methyl sites for hydroxylation is 3. The van der Waals surface area contributed by atoms with Gasteiger partial charge in [-0.25, -0.2) is 19.9 Å². The number of nitrogens with two attached hydrogens (primary N) is 1.